The average Bonchev–Trinajstić information content (AvgIpc) is 1.46. The number of nitrogens with zero attached hydrogens (tertiary/aromatic N) is 3. The van der Waals surface area contributed by atoms with E-state index < -0.39 is 151 Å². The molecule has 17 N–H and O–H groups in total. The second kappa shape index (κ2) is 37.4. The van der Waals surface area contributed by atoms with Gasteiger partial charge >= 0.3 is 0 Å². The van der Waals surface area contributed by atoms with E-state index in [1.54, 1.807) is 50.2 Å². The summed E-state index contributed by atoms with van der Waals surface area (Å²) in [6.45, 7) is 5.41. The lowest BCUT2D eigenvalue weighted by atomic mass is 9.99. The highest BCUT2D eigenvalue weighted by Gasteiger charge is 2.40. The number of halogens is 1. The number of aliphatic hydroxyl groups excluding tert-OH is 1. The zero-order chi connectivity index (χ0) is 70.0. The molecule has 0 spiro atoms. The van der Waals surface area contributed by atoms with Gasteiger partial charge in [-0.1, -0.05) is 86.1 Å². The molecule has 2 fully saturated rings. The van der Waals surface area contributed by atoms with Gasteiger partial charge in [-0.3, -0.25) is 67.5 Å². The third-order valence-corrected chi connectivity index (χ3v) is 16.5. The van der Waals surface area contributed by atoms with Crippen molar-refractivity contribution in [2.24, 2.45) is 28.1 Å². The summed E-state index contributed by atoms with van der Waals surface area (Å²) in [5.41, 5.74) is 18.2. The number of hydrogen-bond donors (Lipinski definition) is 14. The predicted octanol–water partition coefficient (Wildman–Crippen LogP) is -1.03. The molecule has 3 heterocycles. The molecule has 30 heteroatoms. The summed E-state index contributed by atoms with van der Waals surface area (Å²) in [7, 11) is 0. The monoisotopic (exact) mass is 1350 g/mol. The van der Waals surface area contributed by atoms with Crippen LogP contribution >= 0.6 is 11.6 Å². The molecule has 0 radical (unpaired) electrons. The molecule has 0 bridgehead atoms. The van der Waals surface area contributed by atoms with Crippen molar-refractivity contribution in [2.45, 2.75) is 172 Å². The van der Waals surface area contributed by atoms with Crippen molar-refractivity contribution < 1.29 is 62.6 Å². The van der Waals surface area contributed by atoms with Crippen LogP contribution in [0.1, 0.15) is 109 Å². The number of likely N-dealkylation sites (tertiary alicyclic amines) is 1. The molecule has 0 saturated carbocycles. The lowest BCUT2D eigenvalue weighted by Gasteiger charge is -2.31. The Labute approximate surface area is 561 Å². The van der Waals surface area contributed by atoms with Gasteiger partial charge in [-0.2, -0.15) is 0 Å². The van der Waals surface area contributed by atoms with Crippen molar-refractivity contribution >= 4 is 99.2 Å². The van der Waals surface area contributed by atoms with E-state index in [0.29, 0.717) is 28.1 Å². The Morgan fingerprint density at radius 1 is 0.677 bits per heavy atom. The third kappa shape index (κ3) is 23.9. The maximum atomic E-state index is 14.7. The molecule has 1 aromatic heterocycles. The number of rotatable bonds is 26. The van der Waals surface area contributed by atoms with Gasteiger partial charge in [0.2, 0.25) is 70.9 Å². The molecule has 518 valence electrons. The number of amides is 12. The molecule has 0 unspecified atom stereocenters. The van der Waals surface area contributed by atoms with E-state index in [-0.39, 0.29) is 95.7 Å². The largest absolute Gasteiger partial charge is 0.394 e. The minimum atomic E-state index is -1.83. The number of fused-ring (bicyclic) bond motifs is 1. The maximum absolute atomic E-state index is 14.7. The highest BCUT2D eigenvalue weighted by atomic mass is 35.5. The van der Waals surface area contributed by atoms with Crippen LogP contribution < -0.4 is 70.4 Å². The van der Waals surface area contributed by atoms with Crippen molar-refractivity contribution in [2.75, 3.05) is 26.2 Å². The van der Waals surface area contributed by atoms with Crippen molar-refractivity contribution in [3.8, 4) is 0 Å². The number of aliphatic hydroxyl groups is 1. The van der Waals surface area contributed by atoms with Crippen LogP contribution in [0.3, 0.4) is 0 Å². The van der Waals surface area contributed by atoms with Gasteiger partial charge < -0.3 is 80.4 Å². The molecular weight excluding hydrogens is 1260 g/mol. The Morgan fingerprint density at radius 3 is 1.94 bits per heavy atom. The quantitative estimate of drug-likeness (QED) is 0.0203. The number of nitrogens with one attached hydrogen (secondary N) is 10. The van der Waals surface area contributed by atoms with Gasteiger partial charge in [0.15, 0.2) is 5.96 Å². The van der Waals surface area contributed by atoms with Gasteiger partial charge in [-0.25, -0.2) is 0 Å². The van der Waals surface area contributed by atoms with E-state index in [1.807, 2.05) is 42.5 Å². The number of carbonyl (C=O) groups is 12. The van der Waals surface area contributed by atoms with E-state index in [2.05, 4.69) is 63.1 Å². The molecule has 0 aliphatic carbocycles. The van der Waals surface area contributed by atoms with Gasteiger partial charge in [-0.15, -0.1) is 0 Å². The number of aliphatic imine (C=N–C) groups is 1. The van der Waals surface area contributed by atoms with Crippen LogP contribution in [-0.2, 0) is 76.8 Å². The number of nitrogens with two attached hydrogens (primary N) is 3. The smallest absolute Gasteiger partial charge is 0.245 e. The Bertz CT molecular complexity index is 3430. The molecule has 4 aromatic rings. The highest BCUT2D eigenvalue weighted by Crippen LogP contribution is 2.22. The SMILES string of the molecule is CC(=O)N[C@H](Cc1ccc2ccccc2c1)C(=O)N[C@H](Cc1ccc(Cl)cc1)C(=O)N[C@H](Cc1cccnc1)C(=O)N[C@@H](CO)C(=O)N[C@@H]1CCC(=O)NCCCC[C@H](C(=O)N2CCC[C@H]2C(=O)N[C@H](C)C(N)=O)NC(=O)[C@H](CC(C)C)NC(=O)[C@@H](CCCN=C(N)N)NC1=O. The minimum absolute atomic E-state index is 0.0114. The molecular formula is C66H89ClN16O13. The van der Waals surface area contributed by atoms with Crippen LogP contribution in [-0.4, -0.2) is 178 Å². The number of primary amides is 1. The summed E-state index contributed by atoms with van der Waals surface area (Å²) in [5, 5.41) is 39.7. The fourth-order valence-corrected chi connectivity index (χ4v) is 11.3. The Hall–Kier alpha value is -9.77. The second-order valence-corrected chi connectivity index (χ2v) is 24.9. The van der Waals surface area contributed by atoms with E-state index in [4.69, 9.17) is 28.8 Å². The second-order valence-electron chi connectivity index (χ2n) is 24.4. The van der Waals surface area contributed by atoms with E-state index in [1.165, 1.54) is 31.1 Å². The maximum Gasteiger partial charge on any atom is 0.245 e. The first-order valence-electron chi connectivity index (χ1n) is 32.1. The molecule has 3 aromatic carbocycles. The van der Waals surface area contributed by atoms with Gasteiger partial charge in [0.05, 0.1) is 6.61 Å². The molecule has 6 rings (SSSR count). The molecule has 10 atom stereocenters. The van der Waals surface area contributed by atoms with E-state index in [0.717, 1.165) is 10.8 Å². The number of guanidine groups is 1. The summed E-state index contributed by atoms with van der Waals surface area (Å²) in [4.78, 5) is 177. The molecule has 2 aliphatic rings. The zero-order valence-corrected chi connectivity index (χ0v) is 55.1. The summed E-state index contributed by atoms with van der Waals surface area (Å²) in [5.74, 6) is -9.89. The topological polar surface area (TPSA) is 452 Å². The highest BCUT2D eigenvalue weighted by molar-refractivity contribution is 6.30. The molecule has 2 aliphatic heterocycles. The van der Waals surface area contributed by atoms with Crippen molar-refractivity contribution in [3.63, 3.8) is 0 Å². The average molecular weight is 1350 g/mol. The molecule has 96 heavy (non-hydrogen) atoms. The fraction of sp³-hybridized carbons (Fsp3) is 0.485. The lowest BCUT2D eigenvalue weighted by molar-refractivity contribution is -0.142. The first-order valence-corrected chi connectivity index (χ1v) is 32.5. The molecule has 2 saturated heterocycles. The zero-order valence-electron chi connectivity index (χ0n) is 54.3. The number of hydrogen-bond acceptors (Lipinski definition) is 15. The number of carbonyl (C=O) groups excluding carboxylic acids is 12. The normalized spacial score (nSPS) is 19.7. The number of aromatic nitrogens is 1. The summed E-state index contributed by atoms with van der Waals surface area (Å²) in [6, 6.07) is 9.33. The van der Waals surface area contributed by atoms with Crippen molar-refractivity contribution in [3.05, 3.63) is 113 Å². The van der Waals surface area contributed by atoms with Crippen LogP contribution in [0.2, 0.25) is 5.02 Å². The fourth-order valence-electron chi connectivity index (χ4n) is 11.1. The van der Waals surface area contributed by atoms with Crippen LogP contribution in [0.15, 0.2) is 96.2 Å². The Kier molecular flexibility index (Phi) is 29.3. The Morgan fingerprint density at radius 2 is 1.30 bits per heavy atom. The van der Waals surface area contributed by atoms with Gasteiger partial charge in [0.25, 0.3) is 0 Å². The predicted molar refractivity (Wildman–Crippen MR) is 356 cm³/mol. The van der Waals surface area contributed by atoms with Gasteiger partial charge in [-0.05, 0) is 116 Å². The minimum Gasteiger partial charge on any atom is -0.394 e. The van der Waals surface area contributed by atoms with Crippen LogP contribution in [0.5, 0.6) is 0 Å². The van der Waals surface area contributed by atoms with Crippen LogP contribution in [0.4, 0.5) is 0 Å². The van der Waals surface area contributed by atoms with Crippen molar-refractivity contribution in [1.29, 1.82) is 0 Å². The first-order chi connectivity index (χ1) is 45.8. The number of benzene rings is 3. The first kappa shape index (κ1) is 75.3. The summed E-state index contributed by atoms with van der Waals surface area (Å²) in [6.07, 6.45) is 3.07. The summed E-state index contributed by atoms with van der Waals surface area (Å²) >= 11 is 6.22. The van der Waals surface area contributed by atoms with E-state index in [9.17, 15) is 62.6 Å². The van der Waals surface area contributed by atoms with E-state index >= 15 is 0 Å². The van der Waals surface area contributed by atoms with Gasteiger partial charge in [0, 0.05) is 69.7 Å². The van der Waals surface area contributed by atoms with Crippen LogP contribution in [0.25, 0.3) is 10.8 Å². The number of pyridine rings is 1. The molecule has 29 nitrogen and oxygen atoms in total. The van der Waals surface area contributed by atoms with Crippen LogP contribution in [0, 0.1) is 5.92 Å². The summed E-state index contributed by atoms with van der Waals surface area (Å²) < 4.78 is 0. The Balaban J connectivity index is 1.24. The standard InChI is InChI=1S/C66H89ClN16O13/c1-37(2)30-49-59(90)78-48(65(96)83-29-11-17-54(83)64(95)74-38(3)56(68)87)15-7-8-27-72-55(86)25-24-47(58(89)76-46(57(88)79-49)16-10-28-73-66(69)70)77-63(94)53(36-84)82-62(93)52(34-42-12-9-26-71-35-42)81-61(92)51(32-40-19-22-45(67)23-20-40)80-60(91)50(75-39(4)85)33-41-18-21-43-13-5-6-14-44(43)31-41/h5-6,9,12-14,18-23,26,31,35,37-38,46-54,84H,7-8,10-11,15-17,24-25,27-30,32-34,36H2,1-4H3,(H2,68,87)(H,72,86)(H,74,95)(H,75,85)(H,76,89)(H,77,94)(H,78,90)(H,79,88)(H,80,91)(H,81,92)(H,82,93)(H4,69,70,73)/t38-,46-,47-,48-,49+,50-,51-,52-,53+,54+/m1/s1. The van der Waals surface area contributed by atoms with Crippen molar-refractivity contribution in [1.82, 2.24) is 63.1 Å². The molecule has 12 amide bonds. The third-order valence-electron chi connectivity index (χ3n) is 16.2. The lowest BCUT2D eigenvalue weighted by Crippen LogP contribution is -2.61. The van der Waals surface area contributed by atoms with Gasteiger partial charge in [0.1, 0.15) is 60.4 Å².